The summed E-state index contributed by atoms with van der Waals surface area (Å²) in [6, 6.07) is 0. The van der Waals surface area contributed by atoms with Gasteiger partial charge in [-0.25, -0.2) is 0 Å². The van der Waals surface area contributed by atoms with Gasteiger partial charge in [-0.15, -0.1) is 0 Å². The SMILES string of the molecule is O=BOB=O.O=BOB=O.[O]=[Eu]. The Hall–Kier alpha value is 0.444. The Balaban J connectivity index is -0.000000112. The molecule has 0 bridgehead atoms. The molecule has 0 amide bonds. The van der Waals surface area contributed by atoms with Crippen LogP contribution in [0.25, 0.3) is 0 Å². The Labute approximate surface area is 103 Å². The predicted octanol–water partition coefficient (Wildman–Crippen LogP) is -2.25. The van der Waals surface area contributed by atoms with Gasteiger partial charge < -0.3 is 0 Å². The molecule has 0 aliphatic rings. The van der Waals surface area contributed by atoms with Crippen LogP contribution in [0.2, 0.25) is 0 Å². The summed E-state index contributed by atoms with van der Waals surface area (Å²) in [4.78, 5) is 0. The maximum atomic E-state index is 8.95. The molecule has 0 fully saturated rings. The Bertz CT molecular complexity index is 98.6. The molecule has 0 aliphatic carbocycles. The molecule has 0 unspecified atom stereocenters. The van der Waals surface area contributed by atoms with E-state index in [1.165, 1.54) is 0 Å². The van der Waals surface area contributed by atoms with Gasteiger partial charge in [-0.05, 0) is 0 Å². The van der Waals surface area contributed by atoms with Crippen LogP contribution in [0.1, 0.15) is 0 Å². The fourth-order valence-electron chi connectivity index (χ4n) is 0.0454. The zero-order valence-corrected chi connectivity index (χ0v) is 7.97. The van der Waals surface area contributed by atoms with Crippen molar-refractivity contribution >= 4 is 29.4 Å². The molecule has 0 rings (SSSR count). The molecule has 0 heterocycles. The molecule has 0 aromatic carbocycles. The quantitative estimate of drug-likeness (QED) is 0.540. The van der Waals surface area contributed by atoms with Gasteiger partial charge in [0.1, 0.15) is 0 Å². The third-order valence-electron chi connectivity index (χ3n) is 0.222. The second kappa shape index (κ2) is 30.1. The van der Waals surface area contributed by atoms with Crippen molar-refractivity contribution in [3.8, 4) is 0 Å². The summed E-state index contributed by atoms with van der Waals surface area (Å²) in [6.07, 6.45) is 0. The Morgan fingerprint density at radius 3 is 0.833 bits per heavy atom. The first kappa shape index (κ1) is 18.3. The van der Waals surface area contributed by atoms with E-state index in [0.717, 1.165) is 0 Å². The van der Waals surface area contributed by atoms with E-state index < -0.39 is 0 Å². The van der Waals surface area contributed by atoms with Crippen LogP contribution in [-0.4, -0.2) is 29.4 Å². The fourth-order valence-corrected chi connectivity index (χ4v) is 0.0454. The second-order valence-corrected chi connectivity index (χ2v) is 0.657. The molecule has 0 saturated heterocycles. The summed E-state index contributed by atoms with van der Waals surface area (Å²) in [7, 11) is 0.250. The van der Waals surface area contributed by atoms with Gasteiger partial charge in [0.25, 0.3) is 0 Å². The molecule has 0 aromatic rings. The van der Waals surface area contributed by atoms with Gasteiger partial charge >= 0.3 is 105 Å². The number of hydrogen-bond acceptors (Lipinski definition) is 7. The van der Waals surface area contributed by atoms with E-state index >= 15 is 0 Å². The molecule has 0 aromatic heterocycles. The topological polar surface area (TPSA) is 104 Å². The van der Waals surface area contributed by atoms with Gasteiger partial charge in [0.2, 0.25) is 0 Å². The number of hydrogen-bond donors (Lipinski definition) is 0. The minimum atomic E-state index is 0.0625. The van der Waals surface area contributed by atoms with Crippen molar-refractivity contribution in [3.05, 3.63) is 0 Å². The maximum absolute atomic E-state index is 8.95. The van der Waals surface area contributed by atoms with Gasteiger partial charge in [0, 0.05) is 0 Å². The first-order valence-electron chi connectivity index (χ1n) is 2.04. The van der Waals surface area contributed by atoms with Crippen LogP contribution < -0.4 is 0 Å². The second-order valence-electron chi connectivity index (χ2n) is 0.657. The van der Waals surface area contributed by atoms with Crippen LogP contribution in [0, 0.1) is 47.2 Å². The zero-order valence-electron chi connectivity index (χ0n) is 5.55. The number of rotatable bonds is 4. The average Bonchev–Trinajstić information content (AvgIpc) is 2.12. The monoisotopic (exact) mass is 309 g/mol. The molecule has 0 aliphatic heterocycles. The Morgan fingerprint density at radius 2 is 0.833 bits per heavy atom. The van der Waals surface area contributed by atoms with Crippen molar-refractivity contribution in [2.75, 3.05) is 0 Å². The molecular formula is B4EuO7. The predicted molar refractivity (Wildman–Crippen MR) is 28.6 cm³/mol. The fraction of sp³-hybridized carbons (Fsp3) is 0. The third kappa shape index (κ3) is 47.2. The third-order valence-corrected chi connectivity index (χ3v) is 0.222. The molecule has 0 N–H and O–H groups in total. The molecule has 61 valence electrons. The van der Waals surface area contributed by atoms with E-state index in [0.29, 0.717) is 47.2 Å². The van der Waals surface area contributed by atoms with Gasteiger partial charge in [0.05, 0.1) is 0 Å². The molecule has 0 radical (unpaired) electrons. The van der Waals surface area contributed by atoms with Crippen molar-refractivity contribution in [2.45, 2.75) is 0 Å². The minimum absolute atomic E-state index is 0.0625. The summed E-state index contributed by atoms with van der Waals surface area (Å²) in [6.45, 7) is 0. The standard InChI is InChI=1S/2B2O3.Eu.O/c2*3-1-5-2-4;;. The summed E-state index contributed by atoms with van der Waals surface area (Å²) < 4.78 is 51.1. The first-order chi connectivity index (χ1) is 5.83. The van der Waals surface area contributed by atoms with Crippen LogP contribution in [0.15, 0.2) is 0 Å². The van der Waals surface area contributed by atoms with E-state index in [-0.39, 0.29) is 29.4 Å². The normalized spacial score (nSPS) is 3.67. The van der Waals surface area contributed by atoms with Gasteiger partial charge in [-0.2, -0.15) is 0 Å². The van der Waals surface area contributed by atoms with Crippen LogP contribution in [0.4, 0.5) is 0 Å². The Kier molecular flexibility index (Phi) is 45.8. The van der Waals surface area contributed by atoms with Gasteiger partial charge in [-0.1, -0.05) is 0 Å². The molecule has 0 atom stereocenters. The molecule has 12 heteroatoms. The molecular weight excluding hydrogens is 307 g/mol. The molecule has 0 spiro atoms. The van der Waals surface area contributed by atoms with Gasteiger partial charge in [0.15, 0.2) is 0 Å². The molecule has 7 nitrogen and oxygen atoms in total. The van der Waals surface area contributed by atoms with Crippen molar-refractivity contribution < 1.29 is 75.1 Å². The zero-order chi connectivity index (χ0) is 10.2. The van der Waals surface area contributed by atoms with E-state index in [1.807, 2.05) is 0 Å². The van der Waals surface area contributed by atoms with Crippen molar-refractivity contribution in [1.29, 1.82) is 0 Å². The molecule has 12 heavy (non-hydrogen) atoms. The van der Waals surface area contributed by atoms with Crippen molar-refractivity contribution in [2.24, 2.45) is 0 Å². The van der Waals surface area contributed by atoms with Crippen molar-refractivity contribution in [1.82, 2.24) is 0 Å². The van der Waals surface area contributed by atoms with Crippen LogP contribution in [-0.2, 0) is 27.9 Å². The van der Waals surface area contributed by atoms with Gasteiger partial charge in [-0.3, -0.25) is 0 Å². The van der Waals surface area contributed by atoms with Crippen LogP contribution in [0.5, 0.6) is 0 Å². The van der Waals surface area contributed by atoms with E-state index in [2.05, 4.69) is 9.14 Å². The molecule has 0 saturated carbocycles. The van der Waals surface area contributed by atoms with Crippen molar-refractivity contribution in [3.63, 3.8) is 0 Å². The summed E-state index contributed by atoms with van der Waals surface area (Å²) in [5.74, 6) is 0. The van der Waals surface area contributed by atoms with E-state index in [4.69, 9.17) is 18.8 Å². The average molecular weight is 307 g/mol. The Morgan fingerprint density at radius 1 is 0.667 bits per heavy atom. The van der Waals surface area contributed by atoms with Crippen LogP contribution >= 0.6 is 0 Å². The van der Waals surface area contributed by atoms with E-state index in [9.17, 15) is 0 Å². The summed E-state index contributed by atoms with van der Waals surface area (Å²) in [5.41, 5.74) is 0. The van der Waals surface area contributed by atoms with Crippen LogP contribution in [0.3, 0.4) is 0 Å². The van der Waals surface area contributed by atoms with E-state index in [1.54, 1.807) is 0 Å². The summed E-state index contributed by atoms with van der Waals surface area (Å²) >= 11 is 0.472. The first-order valence-corrected chi connectivity index (χ1v) is 3.03. The summed E-state index contributed by atoms with van der Waals surface area (Å²) in [5, 5.41) is 0.